The van der Waals surface area contributed by atoms with E-state index >= 15 is 0 Å². The minimum atomic E-state index is -1.08. The number of nitrogens with zero attached hydrogens (tertiary/aromatic N) is 1. The van der Waals surface area contributed by atoms with Gasteiger partial charge in [0, 0.05) is 31.3 Å². The average molecular weight is 346 g/mol. The summed E-state index contributed by atoms with van der Waals surface area (Å²) in [5.74, 6) is -2.75. The molecule has 1 N–H and O–H groups in total. The van der Waals surface area contributed by atoms with Crippen molar-refractivity contribution in [2.24, 2.45) is 0 Å². The van der Waals surface area contributed by atoms with Crippen molar-refractivity contribution >= 4 is 17.5 Å². The van der Waals surface area contributed by atoms with Crippen LogP contribution in [-0.4, -0.2) is 24.9 Å². The third kappa shape index (κ3) is 4.41. The maximum atomic E-state index is 13.2. The summed E-state index contributed by atoms with van der Waals surface area (Å²) in [6.45, 7) is 5.81. The van der Waals surface area contributed by atoms with Gasteiger partial charge in [0.1, 0.15) is 0 Å². The number of benzene rings is 2. The molecule has 0 radical (unpaired) electrons. The van der Waals surface area contributed by atoms with E-state index in [1.54, 1.807) is 4.90 Å². The highest BCUT2D eigenvalue weighted by Crippen LogP contribution is 2.22. The van der Waals surface area contributed by atoms with Crippen LogP contribution in [0.3, 0.4) is 0 Å². The average Bonchev–Trinajstić information content (AvgIpc) is 2.56. The van der Waals surface area contributed by atoms with E-state index in [9.17, 15) is 18.4 Å². The Morgan fingerprint density at radius 1 is 1.08 bits per heavy atom. The molecule has 0 fully saturated rings. The summed E-state index contributed by atoms with van der Waals surface area (Å²) in [6, 6.07) is 8.64. The van der Waals surface area contributed by atoms with Gasteiger partial charge in [0.2, 0.25) is 5.91 Å². The molecular formula is C19H20F2N2O2. The fourth-order valence-electron chi connectivity index (χ4n) is 2.50. The van der Waals surface area contributed by atoms with Crippen LogP contribution in [0.25, 0.3) is 0 Å². The monoisotopic (exact) mass is 346 g/mol. The Bertz CT molecular complexity index is 806. The Morgan fingerprint density at radius 2 is 1.80 bits per heavy atom. The number of hydrogen-bond acceptors (Lipinski definition) is 2. The summed E-state index contributed by atoms with van der Waals surface area (Å²) >= 11 is 0. The number of halogens is 2. The lowest BCUT2D eigenvalue weighted by atomic mass is 10.1. The van der Waals surface area contributed by atoms with Gasteiger partial charge in [-0.15, -0.1) is 0 Å². The SMILES string of the molecule is CC(=O)N(CCNC(=O)c1ccc(F)c(F)c1)c1cccc(C)c1C. The summed E-state index contributed by atoms with van der Waals surface area (Å²) in [6.07, 6.45) is 0. The van der Waals surface area contributed by atoms with E-state index in [2.05, 4.69) is 5.32 Å². The zero-order chi connectivity index (χ0) is 18.6. The maximum Gasteiger partial charge on any atom is 0.251 e. The van der Waals surface area contributed by atoms with Crippen molar-refractivity contribution in [3.8, 4) is 0 Å². The first-order chi connectivity index (χ1) is 11.8. The van der Waals surface area contributed by atoms with Gasteiger partial charge < -0.3 is 10.2 Å². The first-order valence-corrected chi connectivity index (χ1v) is 7.89. The summed E-state index contributed by atoms with van der Waals surface area (Å²) in [7, 11) is 0. The molecule has 2 aromatic rings. The molecule has 0 spiro atoms. The molecule has 0 bridgehead atoms. The molecule has 132 valence electrons. The topological polar surface area (TPSA) is 49.4 Å². The van der Waals surface area contributed by atoms with Crippen LogP contribution < -0.4 is 10.2 Å². The van der Waals surface area contributed by atoms with Crippen LogP contribution in [0.15, 0.2) is 36.4 Å². The van der Waals surface area contributed by atoms with Gasteiger partial charge in [-0.05, 0) is 49.2 Å². The van der Waals surface area contributed by atoms with Crippen molar-refractivity contribution in [2.75, 3.05) is 18.0 Å². The van der Waals surface area contributed by atoms with Crippen molar-refractivity contribution in [1.82, 2.24) is 5.32 Å². The van der Waals surface area contributed by atoms with Crippen LogP contribution in [0.1, 0.15) is 28.4 Å². The highest BCUT2D eigenvalue weighted by molar-refractivity contribution is 5.95. The predicted molar refractivity (Wildman–Crippen MR) is 92.6 cm³/mol. The van der Waals surface area contributed by atoms with Gasteiger partial charge in [0.05, 0.1) is 0 Å². The van der Waals surface area contributed by atoms with Crippen molar-refractivity contribution in [2.45, 2.75) is 20.8 Å². The molecule has 0 aliphatic heterocycles. The van der Waals surface area contributed by atoms with Gasteiger partial charge in [-0.2, -0.15) is 0 Å². The Morgan fingerprint density at radius 3 is 2.44 bits per heavy atom. The summed E-state index contributed by atoms with van der Waals surface area (Å²) in [4.78, 5) is 25.5. The van der Waals surface area contributed by atoms with Gasteiger partial charge in [-0.1, -0.05) is 12.1 Å². The lowest BCUT2D eigenvalue weighted by Crippen LogP contribution is -2.38. The van der Waals surface area contributed by atoms with Crippen LogP contribution in [0, 0.1) is 25.5 Å². The molecule has 6 heteroatoms. The van der Waals surface area contributed by atoms with Gasteiger partial charge in [-0.25, -0.2) is 8.78 Å². The minimum absolute atomic E-state index is 0.0278. The minimum Gasteiger partial charge on any atom is -0.350 e. The number of hydrogen-bond donors (Lipinski definition) is 1. The molecule has 0 saturated carbocycles. The molecule has 0 unspecified atom stereocenters. The van der Waals surface area contributed by atoms with E-state index in [0.717, 1.165) is 28.9 Å². The molecule has 0 aliphatic carbocycles. The molecule has 25 heavy (non-hydrogen) atoms. The van der Waals surface area contributed by atoms with E-state index in [1.807, 2.05) is 32.0 Å². The van der Waals surface area contributed by atoms with Crippen LogP contribution in [0.5, 0.6) is 0 Å². The van der Waals surface area contributed by atoms with Crippen LogP contribution in [-0.2, 0) is 4.79 Å². The Labute approximate surface area is 145 Å². The molecule has 2 amide bonds. The second kappa shape index (κ2) is 7.88. The highest BCUT2D eigenvalue weighted by Gasteiger charge is 2.15. The third-order valence-corrected chi connectivity index (χ3v) is 4.05. The van der Waals surface area contributed by atoms with Crippen molar-refractivity contribution in [3.63, 3.8) is 0 Å². The largest absolute Gasteiger partial charge is 0.350 e. The van der Waals surface area contributed by atoms with Crippen molar-refractivity contribution in [3.05, 3.63) is 64.7 Å². The van der Waals surface area contributed by atoms with Crippen molar-refractivity contribution < 1.29 is 18.4 Å². The molecule has 2 aromatic carbocycles. The number of nitrogens with one attached hydrogen (secondary N) is 1. The molecule has 0 aromatic heterocycles. The van der Waals surface area contributed by atoms with Gasteiger partial charge in [-0.3, -0.25) is 9.59 Å². The first-order valence-electron chi connectivity index (χ1n) is 7.89. The number of aryl methyl sites for hydroxylation is 1. The van der Waals surface area contributed by atoms with E-state index in [0.29, 0.717) is 0 Å². The van der Waals surface area contributed by atoms with Gasteiger partial charge in [0.15, 0.2) is 11.6 Å². The molecule has 2 rings (SSSR count). The standard InChI is InChI=1S/C19H20F2N2O2/c1-12-5-4-6-18(13(12)2)23(14(3)24)10-9-22-19(25)15-7-8-16(20)17(21)11-15/h4-8,11H,9-10H2,1-3H3,(H,22,25). The number of carbonyl (C=O) groups is 2. The number of anilines is 1. The van der Waals surface area contributed by atoms with Crippen molar-refractivity contribution in [1.29, 1.82) is 0 Å². The molecule has 0 atom stereocenters. The zero-order valence-corrected chi connectivity index (χ0v) is 14.4. The molecule has 0 saturated heterocycles. The Hall–Kier alpha value is -2.76. The summed E-state index contributed by atoms with van der Waals surface area (Å²) in [5, 5.41) is 2.61. The highest BCUT2D eigenvalue weighted by atomic mass is 19.2. The number of carbonyl (C=O) groups excluding carboxylic acids is 2. The fraction of sp³-hybridized carbons (Fsp3) is 0.263. The second-order valence-corrected chi connectivity index (χ2v) is 5.77. The second-order valence-electron chi connectivity index (χ2n) is 5.77. The Kier molecular flexibility index (Phi) is 5.85. The van der Waals surface area contributed by atoms with E-state index in [4.69, 9.17) is 0 Å². The third-order valence-electron chi connectivity index (χ3n) is 4.05. The number of rotatable bonds is 5. The Balaban J connectivity index is 2.04. The quantitative estimate of drug-likeness (QED) is 0.902. The predicted octanol–water partition coefficient (Wildman–Crippen LogP) is 3.36. The van der Waals surface area contributed by atoms with Crippen LogP contribution >= 0.6 is 0 Å². The molecular weight excluding hydrogens is 326 g/mol. The lowest BCUT2D eigenvalue weighted by Gasteiger charge is -2.24. The van der Waals surface area contributed by atoms with Crippen LogP contribution in [0.2, 0.25) is 0 Å². The van der Waals surface area contributed by atoms with E-state index in [-0.39, 0.29) is 24.6 Å². The normalized spacial score (nSPS) is 10.4. The lowest BCUT2D eigenvalue weighted by molar-refractivity contribution is -0.116. The zero-order valence-electron chi connectivity index (χ0n) is 14.4. The van der Waals surface area contributed by atoms with E-state index in [1.165, 1.54) is 13.0 Å². The molecule has 0 aliphatic rings. The van der Waals surface area contributed by atoms with Crippen LogP contribution in [0.4, 0.5) is 14.5 Å². The molecule has 0 heterocycles. The fourth-order valence-corrected chi connectivity index (χ4v) is 2.50. The van der Waals surface area contributed by atoms with Gasteiger partial charge in [0.25, 0.3) is 5.91 Å². The van der Waals surface area contributed by atoms with E-state index < -0.39 is 17.5 Å². The van der Waals surface area contributed by atoms with Gasteiger partial charge >= 0.3 is 0 Å². The smallest absolute Gasteiger partial charge is 0.251 e. The molecule has 4 nitrogen and oxygen atoms in total. The maximum absolute atomic E-state index is 13.2. The summed E-state index contributed by atoms with van der Waals surface area (Å²) < 4.78 is 26.1. The first kappa shape index (κ1) is 18.6. The summed E-state index contributed by atoms with van der Waals surface area (Å²) in [5.41, 5.74) is 2.87. The number of amides is 2.